The fraction of sp³-hybridized carbons (Fsp3) is 0.600. The molecule has 0 radical (unpaired) electrons. The lowest BCUT2D eigenvalue weighted by Crippen LogP contribution is -2.41. The number of aromatic nitrogens is 2. The molecular weight excluding hydrogens is 572 g/mol. The molecule has 0 aliphatic carbocycles. The lowest BCUT2D eigenvalue weighted by molar-refractivity contribution is -0.143. The quantitative estimate of drug-likeness (QED) is 0.135. The average molecular weight is 619 g/mol. The molecule has 0 saturated carbocycles. The Bertz CT molecular complexity index is 1200. The molecule has 244 valence electrons. The van der Waals surface area contributed by atoms with Gasteiger partial charge in [-0.15, -0.1) is 0 Å². The number of carbonyl (C=O) groups excluding carboxylic acids is 2. The summed E-state index contributed by atoms with van der Waals surface area (Å²) in [7, 11) is 0. The van der Waals surface area contributed by atoms with Gasteiger partial charge in [-0.1, -0.05) is 0 Å². The third kappa shape index (κ3) is 13.0. The van der Waals surface area contributed by atoms with Crippen LogP contribution in [0.4, 0.5) is 17.1 Å². The van der Waals surface area contributed by atoms with Gasteiger partial charge in [0.25, 0.3) is 5.56 Å². The number of anilines is 3. The first-order valence-corrected chi connectivity index (χ1v) is 15.1. The number of hydrogen-bond acceptors (Lipinski definition) is 12. The molecule has 1 saturated heterocycles. The van der Waals surface area contributed by atoms with Crippen molar-refractivity contribution in [2.24, 2.45) is 11.7 Å². The van der Waals surface area contributed by atoms with Crippen molar-refractivity contribution >= 4 is 28.9 Å². The van der Waals surface area contributed by atoms with Crippen molar-refractivity contribution in [2.75, 3.05) is 101 Å². The Morgan fingerprint density at radius 3 is 2.39 bits per heavy atom. The maximum atomic E-state index is 13.1. The molecule has 1 aliphatic heterocycles. The summed E-state index contributed by atoms with van der Waals surface area (Å²) in [5.41, 5.74) is 7.25. The summed E-state index contributed by atoms with van der Waals surface area (Å²) in [6.45, 7) is 8.29. The van der Waals surface area contributed by atoms with Crippen LogP contribution < -0.4 is 26.8 Å². The molecule has 3 heterocycles. The van der Waals surface area contributed by atoms with E-state index < -0.39 is 5.97 Å². The highest BCUT2D eigenvalue weighted by molar-refractivity contribution is 5.93. The number of piperidine rings is 1. The van der Waals surface area contributed by atoms with Crippen LogP contribution in [-0.2, 0) is 39.8 Å². The molecule has 4 N–H and O–H groups in total. The van der Waals surface area contributed by atoms with E-state index in [1.165, 1.54) is 22.9 Å². The van der Waals surface area contributed by atoms with Crippen molar-refractivity contribution in [3.8, 4) is 0 Å². The molecule has 14 nitrogen and oxygen atoms in total. The minimum atomic E-state index is -0.511. The standard InChI is InChI=1S/C30H46N6O8/c1-2-44-29(38)23-36-22-25(5-6-28(36)37)34-30(39)24-4-3-9-35(21-24)27-18-26(19-32-20-27)33-8-11-41-13-15-43-17-16-42-14-12-40-10-7-31/h5-6,18-20,22,24,33H,2-4,7-17,21,23,31H2,1H3,(H,34,39)/t24-/m0/s1. The number of hydrogen-bond donors (Lipinski definition) is 3. The second kappa shape index (κ2) is 20.4. The highest BCUT2D eigenvalue weighted by Crippen LogP contribution is 2.25. The first kappa shape index (κ1) is 34.9. The second-order valence-electron chi connectivity index (χ2n) is 10.1. The van der Waals surface area contributed by atoms with Crippen molar-refractivity contribution in [3.05, 3.63) is 47.1 Å². The van der Waals surface area contributed by atoms with Gasteiger partial charge in [-0.2, -0.15) is 0 Å². The number of pyridine rings is 2. The van der Waals surface area contributed by atoms with E-state index >= 15 is 0 Å². The van der Waals surface area contributed by atoms with Gasteiger partial charge in [-0.05, 0) is 31.9 Å². The minimum Gasteiger partial charge on any atom is -0.465 e. The molecule has 0 unspecified atom stereocenters. The number of amides is 1. The maximum absolute atomic E-state index is 13.1. The molecule has 0 aromatic carbocycles. The van der Waals surface area contributed by atoms with Crippen molar-refractivity contribution in [3.63, 3.8) is 0 Å². The highest BCUT2D eigenvalue weighted by atomic mass is 16.6. The largest absolute Gasteiger partial charge is 0.465 e. The van der Waals surface area contributed by atoms with Gasteiger partial charge >= 0.3 is 5.97 Å². The maximum Gasteiger partial charge on any atom is 0.326 e. The third-order valence-corrected chi connectivity index (χ3v) is 6.69. The zero-order chi connectivity index (χ0) is 31.4. The molecule has 2 aromatic heterocycles. The SMILES string of the molecule is CCOC(=O)Cn1cc(NC(=O)[C@H]2CCCN(c3cncc(NCCOCCOCCOCCOCCN)c3)C2)ccc1=O. The molecule has 44 heavy (non-hydrogen) atoms. The molecule has 0 bridgehead atoms. The highest BCUT2D eigenvalue weighted by Gasteiger charge is 2.26. The Morgan fingerprint density at radius 2 is 1.68 bits per heavy atom. The van der Waals surface area contributed by atoms with Gasteiger partial charge in [-0.3, -0.25) is 19.4 Å². The van der Waals surface area contributed by atoms with E-state index in [9.17, 15) is 14.4 Å². The van der Waals surface area contributed by atoms with Gasteiger partial charge in [-0.25, -0.2) is 0 Å². The predicted octanol–water partition coefficient (Wildman–Crippen LogP) is 1.10. The third-order valence-electron chi connectivity index (χ3n) is 6.69. The topological polar surface area (TPSA) is 169 Å². The Morgan fingerprint density at radius 1 is 0.977 bits per heavy atom. The number of nitrogens with one attached hydrogen (secondary N) is 2. The first-order valence-electron chi connectivity index (χ1n) is 15.1. The molecule has 3 rings (SSSR count). The van der Waals surface area contributed by atoms with Crippen LogP contribution >= 0.6 is 0 Å². The van der Waals surface area contributed by atoms with Crippen LogP contribution in [0.15, 0.2) is 41.6 Å². The van der Waals surface area contributed by atoms with Gasteiger partial charge in [0, 0.05) is 38.4 Å². The van der Waals surface area contributed by atoms with Gasteiger partial charge in [0.05, 0.1) is 94.8 Å². The van der Waals surface area contributed by atoms with Gasteiger partial charge < -0.3 is 49.5 Å². The van der Waals surface area contributed by atoms with Crippen LogP contribution in [0, 0.1) is 5.92 Å². The van der Waals surface area contributed by atoms with E-state index in [4.69, 9.17) is 29.4 Å². The van der Waals surface area contributed by atoms with E-state index in [1.807, 2.05) is 6.07 Å². The summed E-state index contributed by atoms with van der Waals surface area (Å²) < 4.78 is 27.9. The predicted molar refractivity (Wildman–Crippen MR) is 166 cm³/mol. The van der Waals surface area contributed by atoms with Crippen molar-refractivity contribution < 1.29 is 33.3 Å². The van der Waals surface area contributed by atoms with Crippen LogP contribution in [0.25, 0.3) is 0 Å². The molecule has 1 fully saturated rings. The van der Waals surface area contributed by atoms with Crippen molar-refractivity contribution in [1.29, 1.82) is 0 Å². The van der Waals surface area contributed by atoms with Crippen LogP contribution in [-0.4, -0.2) is 107 Å². The fourth-order valence-electron chi connectivity index (χ4n) is 4.55. The Balaban J connectivity index is 1.36. The summed E-state index contributed by atoms with van der Waals surface area (Å²) >= 11 is 0. The summed E-state index contributed by atoms with van der Waals surface area (Å²) in [5.74, 6) is -0.897. The van der Waals surface area contributed by atoms with Gasteiger partial charge in [0.2, 0.25) is 5.91 Å². The lowest BCUT2D eigenvalue weighted by atomic mass is 9.96. The normalized spacial score (nSPS) is 14.8. The van der Waals surface area contributed by atoms with Gasteiger partial charge in [0.1, 0.15) is 6.54 Å². The van der Waals surface area contributed by atoms with E-state index in [2.05, 4.69) is 20.5 Å². The Kier molecular flexibility index (Phi) is 16.2. The summed E-state index contributed by atoms with van der Waals surface area (Å²) in [6.07, 6.45) is 6.61. The molecule has 1 atom stereocenters. The van der Waals surface area contributed by atoms with Crippen LogP contribution in [0.1, 0.15) is 19.8 Å². The average Bonchev–Trinajstić information content (AvgIpc) is 3.03. The number of esters is 1. The van der Waals surface area contributed by atoms with E-state index in [0.29, 0.717) is 78.2 Å². The number of nitrogens with two attached hydrogens (primary N) is 1. The smallest absolute Gasteiger partial charge is 0.326 e. The van der Waals surface area contributed by atoms with E-state index in [0.717, 1.165) is 30.8 Å². The molecule has 1 aliphatic rings. The van der Waals surface area contributed by atoms with Crippen LogP contribution in [0.5, 0.6) is 0 Å². The summed E-state index contributed by atoms with van der Waals surface area (Å²) in [6, 6.07) is 4.88. The summed E-state index contributed by atoms with van der Waals surface area (Å²) in [4.78, 5) is 43.6. The monoisotopic (exact) mass is 618 g/mol. The number of carbonyl (C=O) groups is 2. The lowest BCUT2D eigenvalue weighted by Gasteiger charge is -2.33. The molecule has 1 amide bonds. The summed E-state index contributed by atoms with van der Waals surface area (Å²) in [5, 5.41) is 6.22. The fourth-order valence-corrected chi connectivity index (χ4v) is 4.55. The van der Waals surface area contributed by atoms with Crippen molar-refractivity contribution in [2.45, 2.75) is 26.3 Å². The zero-order valence-electron chi connectivity index (χ0n) is 25.5. The number of rotatable bonds is 21. The molecule has 2 aromatic rings. The molecule has 14 heteroatoms. The first-order chi connectivity index (χ1) is 21.5. The Hall–Kier alpha value is -3.56. The zero-order valence-corrected chi connectivity index (χ0v) is 25.5. The van der Waals surface area contributed by atoms with Crippen molar-refractivity contribution in [1.82, 2.24) is 9.55 Å². The van der Waals surface area contributed by atoms with Gasteiger partial charge in [0.15, 0.2) is 0 Å². The Labute approximate surface area is 258 Å². The van der Waals surface area contributed by atoms with Crippen LogP contribution in [0.2, 0.25) is 0 Å². The molecule has 0 spiro atoms. The number of ether oxygens (including phenoxy) is 5. The molecular formula is C30H46N6O8. The van der Waals surface area contributed by atoms with Crippen LogP contribution in [0.3, 0.4) is 0 Å². The second-order valence-corrected chi connectivity index (χ2v) is 10.1. The van der Waals surface area contributed by atoms with E-state index in [1.54, 1.807) is 19.3 Å². The minimum absolute atomic E-state index is 0.139. The van der Waals surface area contributed by atoms with E-state index in [-0.39, 0.29) is 30.5 Å². The number of nitrogens with zero attached hydrogens (tertiary/aromatic N) is 3.